The van der Waals surface area contributed by atoms with Gasteiger partial charge in [-0.3, -0.25) is 0 Å². The first-order chi connectivity index (χ1) is 9.97. The van der Waals surface area contributed by atoms with Crippen LogP contribution in [0.25, 0.3) is 11.3 Å². The Morgan fingerprint density at radius 1 is 1.05 bits per heavy atom. The van der Waals surface area contributed by atoms with E-state index in [-0.39, 0.29) is 34.1 Å². The Labute approximate surface area is 118 Å². The van der Waals surface area contributed by atoms with Gasteiger partial charge in [0.05, 0.1) is 19.8 Å². The van der Waals surface area contributed by atoms with Crippen LogP contribution in [0.5, 0.6) is 11.5 Å². The lowest BCUT2D eigenvalue weighted by Gasteiger charge is -2.11. The van der Waals surface area contributed by atoms with Crippen LogP contribution < -0.4 is 9.47 Å². The summed E-state index contributed by atoms with van der Waals surface area (Å²) >= 11 is 0. The second kappa shape index (κ2) is 5.53. The van der Waals surface area contributed by atoms with Crippen LogP contribution in [0.3, 0.4) is 0 Å². The molecule has 0 aliphatic heterocycles. The molecule has 0 amide bonds. The number of carboxylic acid groups (broad SMARTS) is 2. The first-order valence-electron chi connectivity index (χ1n) is 5.67. The Morgan fingerprint density at radius 2 is 1.71 bits per heavy atom. The van der Waals surface area contributed by atoms with Crippen molar-refractivity contribution in [3.63, 3.8) is 0 Å². The summed E-state index contributed by atoms with van der Waals surface area (Å²) in [5.41, 5.74) is -0.142. The number of carboxylic acids is 2. The monoisotopic (exact) mass is 293 g/mol. The summed E-state index contributed by atoms with van der Waals surface area (Å²) in [6, 6.07) is 3.83. The van der Waals surface area contributed by atoms with Crippen molar-refractivity contribution in [3.8, 4) is 22.8 Å². The summed E-state index contributed by atoms with van der Waals surface area (Å²) < 4.78 is 15.0. The zero-order valence-electron chi connectivity index (χ0n) is 11.1. The molecule has 8 heteroatoms. The van der Waals surface area contributed by atoms with Gasteiger partial charge < -0.3 is 24.2 Å². The second-order valence-corrected chi connectivity index (χ2v) is 3.94. The highest BCUT2D eigenvalue weighted by atomic mass is 16.5. The fraction of sp³-hybridized carbons (Fsp3) is 0.154. The van der Waals surface area contributed by atoms with E-state index in [1.165, 1.54) is 32.4 Å². The van der Waals surface area contributed by atoms with Crippen molar-refractivity contribution in [2.75, 3.05) is 14.2 Å². The van der Waals surface area contributed by atoms with Gasteiger partial charge in [0.15, 0.2) is 11.5 Å². The number of benzene rings is 1. The quantitative estimate of drug-likeness (QED) is 0.855. The molecule has 8 nitrogen and oxygen atoms in total. The molecule has 2 aromatic rings. The van der Waals surface area contributed by atoms with E-state index in [0.29, 0.717) is 0 Å². The number of hydrogen-bond acceptors (Lipinski definition) is 6. The molecule has 2 rings (SSSR count). The van der Waals surface area contributed by atoms with Crippen molar-refractivity contribution in [3.05, 3.63) is 29.5 Å². The Balaban J connectivity index is 2.62. The lowest BCUT2D eigenvalue weighted by atomic mass is 10.1. The third-order valence-corrected chi connectivity index (χ3v) is 2.75. The minimum absolute atomic E-state index is 0.0782. The maximum atomic E-state index is 11.2. The van der Waals surface area contributed by atoms with Crippen LogP contribution in [-0.2, 0) is 0 Å². The molecule has 0 aliphatic rings. The highest BCUT2D eigenvalue weighted by Gasteiger charge is 2.21. The topological polar surface area (TPSA) is 119 Å². The SMILES string of the molecule is COc1cc(OC)c(-c2cc(C(=O)O)no2)cc1C(=O)O. The first kappa shape index (κ1) is 14.4. The van der Waals surface area contributed by atoms with Crippen molar-refractivity contribution in [2.24, 2.45) is 0 Å². The number of rotatable bonds is 5. The van der Waals surface area contributed by atoms with Crippen LogP contribution in [0, 0.1) is 0 Å². The molecule has 0 saturated heterocycles. The average Bonchev–Trinajstić information content (AvgIpc) is 2.95. The van der Waals surface area contributed by atoms with Crippen molar-refractivity contribution in [2.45, 2.75) is 0 Å². The molecule has 0 unspecified atom stereocenters. The van der Waals surface area contributed by atoms with Crippen LogP contribution in [0.1, 0.15) is 20.8 Å². The number of carbonyl (C=O) groups is 2. The molecule has 0 spiro atoms. The highest BCUT2D eigenvalue weighted by Crippen LogP contribution is 2.36. The van der Waals surface area contributed by atoms with E-state index in [2.05, 4.69) is 5.16 Å². The van der Waals surface area contributed by atoms with E-state index in [9.17, 15) is 9.59 Å². The largest absolute Gasteiger partial charge is 0.496 e. The molecule has 110 valence electrons. The summed E-state index contributed by atoms with van der Waals surface area (Å²) in [5, 5.41) is 21.4. The number of hydrogen-bond donors (Lipinski definition) is 2. The third-order valence-electron chi connectivity index (χ3n) is 2.75. The molecule has 2 N–H and O–H groups in total. The first-order valence-corrected chi connectivity index (χ1v) is 5.67. The molecule has 21 heavy (non-hydrogen) atoms. The predicted molar refractivity (Wildman–Crippen MR) is 69.0 cm³/mol. The van der Waals surface area contributed by atoms with E-state index >= 15 is 0 Å². The lowest BCUT2D eigenvalue weighted by Crippen LogP contribution is -2.02. The fourth-order valence-electron chi connectivity index (χ4n) is 1.76. The van der Waals surface area contributed by atoms with Gasteiger partial charge in [0.2, 0.25) is 0 Å². The van der Waals surface area contributed by atoms with Crippen LogP contribution in [-0.4, -0.2) is 41.5 Å². The summed E-state index contributed by atoms with van der Waals surface area (Å²) in [4.78, 5) is 22.0. The Morgan fingerprint density at radius 3 is 2.19 bits per heavy atom. The smallest absolute Gasteiger partial charge is 0.358 e. The molecule has 1 aromatic heterocycles. The summed E-state index contributed by atoms with van der Waals surface area (Å²) in [5.74, 6) is -2.00. The van der Waals surface area contributed by atoms with Gasteiger partial charge in [-0.25, -0.2) is 9.59 Å². The molecule has 0 atom stereocenters. The second-order valence-electron chi connectivity index (χ2n) is 3.94. The number of ether oxygens (including phenoxy) is 2. The number of aromatic nitrogens is 1. The minimum atomic E-state index is -1.25. The molecule has 0 fully saturated rings. The summed E-state index contributed by atoms with van der Waals surface area (Å²) in [6.07, 6.45) is 0. The van der Waals surface area contributed by atoms with Crippen molar-refractivity contribution in [1.82, 2.24) is 5.16 Å². The molecule has 0 radical (unpaired) electrons. The van der Waals surface area contributed by atoms with Gasteiger partial charge in [-0.2, -0.15) is 0 Å². The molecular weight excluding hydrogens is 282 g/mol. The van der Waals surface area contributed by atoms with E-state index in [0.717, 1.165) is 0 Å². The Kier molecular flexibility index (Phi) is 3.79. The van der Waals surface area contributed by atoms with Gasteiger partial charge in [-0.15, -0.1) is 0 Å². The standard InChI is InChI=1S/C13H11NO7/c1-19-9-5-10(20-2)7(12(15)16)3-6(9)11-4-8(13(17)18)14-21-11/h3-5H,1-2H3,(H,15,16)(H,17,18). The third kappa shape index (κ3) is 2.64. The maximum Gasteiger partial charge on any atom is 0.358 e. The van der Waals surface area contributed by atoms with Gasteiger partial charge in [0.25, 0.3) is 0 Å². The van der Waals surface area contributed by atoms with Crippen molar-refractivity contribution < 1.29 is 33.8 Å². The van der Waals surface area contributed by atoms with Gasteiger partial charge in [0.1, 0.15) is 17.1 Å². The van der Waals surface area contributed by atoms with Gasteiger partial charge >= 0.3 is 11.9 Å². The number of nitrogens with zero attached hydrogens (tertiary/aromatic N) is 1. The summed E-state index contributed by atoms with van der Waals surface area (Å²) in [6.45, 7) is 0. The van der Waals surface area contributed by atoms with Gasteiger partial charge in [-0.1, -0.05) is 5.16 Å². The molecule has 1 heterocycles. The maximum absolute atomic E-state index is 11.2. The van der Waals surface area contributed by atoms with Crippen LogP contribution in [0.4, 0.5) is 0 Å². The fourth-order valence-corrected chi connectivity index (χ4v) is 1.76. The van der Waals surface area contributed by atoms with E-state index in [1.807, 2.05) is 0 Å². The van der Waals surface area contributed by atoms with E-state index in [1.54, 1.807) is 0 Å². The zero-order chi connectivity index (χ0) is 15.6. The normalized spacial score (nSPS) is 10.2. The molecule has 1 aromatic carbocycles. The van der Waals surface area contributed by atoms with Crippen LogP contribution >= 0.6 is 0 Å². The zero-order valence-corrected chi connectivity index (χ0v) is 11.1. The van der Waals surface area contributed by atoms with Crippen molar-refractivity contribution >= 4 is 11.9 Å². The van der Waals surface area contributed by atoms with Crippen LogP contribution in [0.15, 0.2) is 22.7 Å². The average molecular weight is 293 g/mol. The lowest BCUT2D eigenvalue weighted by molar-refractivity contribution is 0.0678. The number of aromatic carboxylic acids is 2. The van der Waals surface area contributed by atoms with Crippen molar-refractivity contribution in [1.29, 1.82) is 0 Å². The Hall–Kier alpha value is -3.03. The molecule has 0 bridgehead atoms. The van der Waals surface area contributed by atoms with E-state index < -0.39 is 11.9 Å². The number of methoxy groups -OCH3 is 2. The summed E-state index contributed by atoms with van der Waals surface area (Å²) in [7, 11) is 2.71. The van der Waals surface area contributed by atoms with Gasteiger partial charge in [-0.05, 0) is 6.07 Å². The van der Waals surface area contributed by atoms with Gasteiger partial charge in [0, 0.05) is 12.1 Å². The Bertz CT molecular complexity index is 705. The van der Waals surface area contributed by atoms with Crippen LogP contribution in [0.2, 0.25) is 0 Å². The highest BCUT2D eigenvalue weighted by molar-refractivity contribution is 5.94. The minimum Gasteiger partial charge on any atom is -0.496 e. The predicted octanol–water partition coefficient (Wildman–Crippen LogP) is 1.76. The molecular formula is C13H11NO7. The molecule has 0 saturated carbocycles. The van der Waals surface area contributed by atoms with E-state index in [4.69, 9.17) is 24.2 Å². The molecule has 0 aliphatic carbocycles.